The topological polar surface area (TPSA) is 59.8 Å². The van der Waals surface area contributed by atoms with Gasteiger partial charge in [0.2, 0.25) is 5.91 Å². The van der Waals surface area contributed by atoms with E-state index in [0.29, 0.717) is 17.0 Å². The Hall–Kier alpha value is -2.47. The summed E-state index contributed by atoms with van der Waals surface area (Å²) in [7, 11) is 0. The third-order valence-electron chi connectivity index (χ3n) is 6.70. The Morgan fingerprint density at radius 1 is 1.15 bits per heavy atom. The highest BCUT2D eigenvalue weighted by Gasteiger charge is 2.67. The molecule has 2 aromatic heterocycles. The lowest BCUT2D eigenvalue weighted by molar-refractivity contribution is -0.118. The lowest BCUT2D eigenvalue weighted by Gasteiger charge is -2.07. The van der Waals surface area contributed by atoms with Gasteiger partial charge in [-0.1, -0.05) is 12.1 Å². The van der Waals surface area contributed by atoms with E-state index in [4.69, 9.17) is 0 Å². The van der Waals surface area contributed by atoms with Crippen molar-refractivity contribution in [2.45, 2.75) is 19.3 Å². The Labute approximate surface area is 161 Å². The van der Waals surface area contributed by atoms with E-state index in [1.165, 1.54) is 30.6 Å². The van der Waals surface area contributed by atoms with Gasteiger partial charge >= 0.3 is 0 Å². The van der Waals surface area contributed by atoms with Crippen molar-refractivity contribution >= 4 is 22.4 Å². The summed E-state index contributed by atoms with van der Waals surface area (Å²) < 4.78 is 1.83. The first-order valence-electron chi connectivity index (χ1n) is 9.65. The van der Waals surface area contributed by atoms with Crippen LogP contribution in [-0.2, 0) is 4.79 Å². The lowest BCUT2D eigenvalue weighted by Crippen LogP contribution is -2.18. The van der Waals surface area contributed by atoms with E-state index in [2.05, 4.69) is 15.4 Å². The van der Waals surface area contributed by atoms with Gasteiger partial charge in [-0.3, -0.25) is 4.79 Å². The molecule has 136 valence electrons. The molecule has 0 saturated heterocycles. The number of rotatable bonds is 4. The molecule has 6 heteroatoms. The molecule has 3 aliphatic carbocycles. The van der Waals surface area contributed by atoms with Crippen molar-refractivity contribution in [2.75, 3.05) is 5.32 Å². The van der Waals surface area contributed by atoms with Crippen LogP contribution in [0.4, 0.5) is 5.13 Å². The SMILES string of the molecule is O=C(Nc1nc(-c2ccc(-n3cccn3)cc2)cs1)C1[C@@H]2[C@H]3CC[C@H](C3)[C@H]12. The molecule has 27 heavy (non-hydrogen) atoms. The third kappa shape index (κ3) is 2.46. The molecule has 3 fully saturated rings. The fourth-order valence-corrected chi connectivity index (χ4v) is 6.26. The number of nitrogens with zero attached hydrogens (tertiary/aromatic N) is 3. The van der Waals surface area contributed by atoms with Gasteiger partial charge in [0.15, 0.2) is 5.13 Å². The van der Waals surface area contributed by atoms with Crippen LogP contribution in [0.1, 0.15) is 19.3 Å². The van der Waals surface area contributed by atoms with Crippen molar-refractivity contribution in [3.05, 3.63) is 48.1 Å². The van der Waals surface area contributed by atoms with Gasteiger partial charge < -0.3 is 5.32 Å². The molecule has 6 rings (SSSR count). The average molecular weight is 376 g/mol. The first-order valence-corrected chi connectivity index (χ1v) is 10.5. The molecule has 1 aromatic carbocycles. The van der Waals surface area contributed by atoms with Crippen LogP contribution in [0.25, 0.3) is 16.9 Å². The van der Waals surface area contributed by atoms with Gasteiger partial charge in [-0.2, -0.15) is 5.10 Å². The summed E-state index contributed by atoms with van der Waals surface area (Å²) in [5.74, 6) is 3.40. The number of fused-ring (bicyclic) bond motifs is 5. The molecule has 2 heterocycles. The second-order valence-electron chi connectivity index (χ2n) is 8.04. The quantitative estimate of drug-likeness (QED) is 0.741. The highest BCUT2D eigenvalue weighted by atomic mass is 32.1. The van der Waals surface area contributed by atoms with Crippen LogP contribution < -0.4 is 5.32 Å². The van der Waals surface area contributed by atoms with Gasteiger partial charge in [0.1, 0.15) is 0 Å². The smallest absolute Gasteiger partial charge is 0.229 e. The molecule has 0 radical (unpaired) electrons. The maximum absolute atomic E-state index is 12.7. The molecule has 5 atom stereocenters. The minimum Gasteiger partial charge on any atom is -0.302 e. The number of thiazole rings is 1. The van der Waals surface area contributed by atoms with E-state index in [-0.39, 0.29) is 11.8 Å². The maximum atomic E-state index is 12.7. The van der Waals surface area contributed by atoms with E-state index >= 15 is 0 Å². The van der Waals surface area contributed by atoms with Crippen LogP contribution in [0, 0.1) is 29.6 Å². The van der Waals surface area contributed by atoms with E-state index in [0.717, 1.165) is 28.8 Å². The minimum atomic E-state index is 0.191. The van der Waals surface area contributed by atoms with Crippen LogP contribution >= 0.6 is 11.3 Å². The number of benzene rings is 1. The molecule has 3 saturated carbocycles. The number of nitrogens with one attached hydrogen (secondary N) is 1. The summed E-state index contributed by atoms with van der Waals surface area (Å²) in [6, 6.07) is 10.0. The number of carbonyl (C=O) groups is 1. The molecule has 1 amide bonds. The maximum Gasteiger partial charge on any atom is 0.229 e. The largest absolute Gasteiger partial charge is 0.302 e. The number of aromatic nitrogens is 3. The van der Waals surface area contributed by atoms with Crippen molar-refractivity contribution in [3.8, 4) is 16.9 Å². The van der Waals surface area contributed by atoms with Crippen molar-refractivity contribution in [3.63, 3.8) is 0 Å². The van der Waals surface area contributed by atoms with Crippen LogP contribution in [0.15, 0.2) is 48.1 Å². The second-order valence-corrected chi connectivity index (χ2v) is 8.90. The summed E-state index contributed by atoms with van der Waals surface area (Å²) in [6.45, 7) is 0. The van der Waals surface area contributed by atoms with Crippen molar-refractivity contribution in [1.29, 1.82) is 0 Å². The zero-order chi connectivity index (χ0) is 18.0. The number of anilines is 1. The summed E-state index contributed by atoms with van der Waals surface area (Å²) in [5, 5.41) is 10.0. The van der Waals surface area contributed by atoms with Crippen LogP contribution in [0.2, 0.25) is 0 Å². The summed E-state index contributed by atoms with van der Waals surface area (Å²) in [4.78, 5) is 17.3. The fourth-order valence-electron chi connectivity index (χ4n) is 5.53. The standard InChI is InChI=1S/C21H20N4OS/c26-20(19-17-13-2-3-14(10-13)18(17)19)24-21-23-16(11-27-21)12-4-6-15(7-5-12)25-9-1-8-22-25/h1,4-9,11,13-14,17-19H,2-3,10H2,(H,23,24,26)/t13-,14+,17+,18-,19?. The van der Waals surface area contributed by atoms with Crippen LogP contribution in [-0.4, -0.2) is 20.7 Å². The first-order chi connectivity index (χ1) is 13.3. The Kier molecular flexibility index (Phi) is 3.32. The minimum absolute atomic E-state index is 0.191. The van der Waals surface area contributed by atoms with E-state index in [1.807, 2.05) is 46.6 Å². The molecule has 5 nitrogen and oxygen atoms in total. The molecule has 1 N–H and O–H groups in total. The van der Waals surface area contributed by atoms with Crippen molar-refractivity contribution in [2.24, 2.45) is 29.6 Å². The van der Waals surface area contributed by atoms with E-state index in [9.17, 15) is 4.79 Å². The first kappa shape index (κ1) is 15.6. The molecule has 3 aliphatic rings. The molecule has 1 unspecified atom stereocenters. The molecule has 0 spiro atoms. The molecular weight excluding hydrogens is 356 g/mol. The van der Waals surface area contributed by atoms with Gasteiger partial charge in [-0.05, 0) is 61.1 Å². The van der Waals surface area contributed by atoms with E-state index in [1.54, 1.807) is 6.20 Å². The average Bonchev–Trinajstić information content (AvgIpc) is 3.24. The summed E-state index contributed by atoms with van der Waals surface area (Å²) in [6.07, 6.45) is 7.74. The van der Waals surface area contributed by atoms with Crippen LogP contribution in [0.3, 0.4) is 0 Å². The van der Waals surface area contributed by atoms with Crippen molar-refractivity contribution in [1.82, 2.24) is 14.8 Å². The molecular formula is C21H20N4OS. The lowest BCUT2D eigenvalue weighted by atomic mass is 10.0. The monoisotopic (exact) mass is 376 g/mol. The van der Waals surface area contributed by atoms with Gasteiger partial charge in [0.25, 0.3) is 0 Å². The molecule has 0 aliphatic heterocycles. The highest BCUT2D eigenvalue weighted by molar-refractivity contribution is 7.14. The van der Waals surface area contributed by atoms with E-state index < -0.39 is 0 Å². The third-order valence-corrected chi connectivity index (χ3v) is 7.46. The summed E-state index contributed by atoms with van der Waals surface area (Å²) >= 11 is 1.50. The Bertz CT molecular complexity index is 978. The molecule has 2 bridgehead atoms. The second kappa shape index (κ2) is 5.76. The van der Waals surface area contributed by atoms with Gasteiger partial charge in [-0.25, -0.2) is 9.67 Å². The number of carbonyl (C=O) groups excluding carboxylic acids is 1. The number of hydrogen-bond acceptors (Lipinski definition) is 4. The predicted molar refractivity (Wildman–Crippen MR) is 105 cm³/mol. The van der Waals surface area contributed by atoms with Gasteiger partial charge in [-0.15, -0.1) is 11.3 Å². The highest BCUT2D eigenvalue weighted by Crippen LogP contribution is 2.69. The Balaban J connectivity index is 1.15. The predicted octanol–water partition coefficient (Wildman–Crippen LogP) is 4.23. The zero-order valence-corrected chi connectivity index (χ0v) is 15.6. The zero-order valence-electron chi connectivity index (χ0n) is 14.8. The molecule has 3 aromatic rings. The van der Waals surface area contributed by atoms with Crippen molar-refractivity contribution < 1.29 is 4.79 Å². The van der Waals surface area contributed by atoms with Gasteiger partial charge in [0.05, 0.1) is 11.4 Å². The normalized spacial score (nSPS) is 30.3. The van der Waals surface area contributed by atoms with Crippen LogP contribution in [0.5, 0.6) is 0 Å². The Morgan fingerprint density at radius 2 is 1.93 bits per heavy atom. The number of hydrogen-bond donors (Lipinski definition) is 1. The fraction of sp³-hybridized carbons (Fsp3) is 0.381. The van der Waals surface area contributed by atoms with Gasteiger partial charge in [0, 0.05) is 29.3 Å². The number of amides is 1. The summed E-state index contributed by atoms with van der Waals surface area (Å²) in [5.41, 5.74) is 2.96. The Morgan fingerprint density at radius 3 is 2.63 bits per heavy atom.